The van der Waals surface area contributed by atoms with Crippen molar-refractivity contribution in [2.75, 3.05) is 6.79 Å². The maximum absolute atomic E-state index is 11.3. The molecule has 0 saturated heterocycles. The van der Waals surface area contributed by atoms with Gasteiger partial charge >= 0.3 is 0 Å². The van der Waals surface area contributed by atoms with E-state index < -0.39 is 5.91 Å². The van der Waals surface area contributed by atoms with Crippen LogP contribution in [0.5, 0.6) is 11.5 Å². The highest BCUT2D eigenvalue weighted by Crippen LogP contribution is 2.34. The second kappa shape index (κ2) is 5.93. The third-order valence-corrected chi connectivity index (χ3v) is 3.90. The summed E-state index contributed by atoms with van der Waals surface area (Å²) in [6, 6.07) is 7.15. The van der Waals surface area contributed by atoms with Gasteiger partial charge in [0.2, 0.25) is 12.7 Å². The quantitative estimate of drug-likeness (QED) is 0.736. The van der Waals surface area contributed by atoms with Crippen molar-refractivity contribution in [1.82, 2.24) is 24.5 Å². The number of hydrogen-bond donors (Lipinski definition) is 1. The van der Waals surface area contributed by atoms with Gasteiger partial charge in [-0.1, -0.05) is 0 Å². The molecule has 0 aliphatic carbocycles. The molecule has 0 radical (unpaired) electrons. The van der Waals surface area contributed by atoms with Crippen LogP contribution >= 0.6 is 0 Å². The Balaban J connectivity index is 1.79. The molecule has 2 aromatic heterocycles. The molecule has 1 aliphatic heterocycles. The number of nitrogens with zero attached hydrogens (tertiary/aromatic N) is 5. The molecule has 128 valence electrons. The lowest BCUT2D eigenvalue weighted by Gasteiger charge is -2.13. The minimum atomic E-state index is -0.485. The summed E-state index contributed by atoms with van der Waals surface area (Å²) < 4.78 is 14.2. The Kier molecular flexibility index (Phi) is 3.60. The van der Waals surface area contributed by atoms with E-state index in [4.69, 9.17) is 15.2 Å². The molecule has 1 atom stereocenters. The van der Waals surface area contributed by atoms with Crippen molar-refractivity contribution in [3.8, 4) is 17.2 Å². The molecule has 0 saturated carbocycles. The van der Waals surface area contributed by atoms with Crippen LogP contribution in [0.4, 0.5) is 0 Å². The van der Waals surface area contributed by atoms with Crippen molar-refractivity contribution < 1.29 is 14.3 Å². The molecule has 9 nitrogen and oxygen atoms in total. The van der Waals surface area contributed by atoms with E-state index in [0.29, 0.717) is 23.1 Å². The lowest BCUT2D eigenvalue weighted by molar-refractivity contribution is -0.117. The molecule has 25 heavy (non-hydrogen) atoms. The number of carbonyl (C=O) groups is 1. The zero-order valence-corrected chi connectivity index (χ0v) is 13.5. The van der Waals surface area contributed by atoms with Gasteiger partial charge in [0, 0.05) is 18.5 Å². The lowest BCUT2D eigenvalue weighted by Crippen LogP contribution is -2.14. The second-order valence-corrected chi connectivity index (χ2v) is 5.64. The van der Waals surface area contributed by atoms with Gasteiger partial charge in [-0.15, -0.1) is 0 Å². The number of aromatic nitrogens is 5. The number of hydrogen-bond acceptors (Lipinski definition) is 6. The summed E-state index contributed by atoms with van der Waals surface area (Å²) in [5.74, 6) is 1.84. The molecule has 1 unspecified atom stereocenters. The van der Waals surface area contributed by atoms with Gasteiger partial charge in [-0.25, -0.2) is 9.67 Å². The van der Waals surface area contributed by atoms with Crippen LogP contribution in [0.1, 0.15) is 24.6 Å². The minimum Gasteiger partial charge on any atom is -0.454 e. The van der Waals surface area contributed by atoms with Crippen LogP contribution in [-0.4, -0.2) is 37.2 Å². The van der Waals surface area contributed by atoms with Crippen molar-refractivity contribution in [3.05, 3.63) is 48.3 Å². The standard InChI is InChI=1S/C16H16N6O3/c1-10(21-6-2-5-18-21)16-19-15(8-14(17)23)20-22(16)11-3-4-12-13(7-11)25-9-24-12/h2-7,10H,8-9H2,1H3,(H2,17,23). The molecule has 3 heterocycles. The van der Waals surface area contributed by atoms with Crippen LogP contribution in [0.3, 0.4) is 0 Å². The second-order valence-electron chi connectivity index (χ2n) is 5.64. The number of benzene rings is 1. The van der Waals surface area contributed by atoms with E-state index in [1.165, 1.54) is 0 Å². The van der Waals surface area contributed by atoms with Gasteiger partial charge in [-0.2, -0.15) is 10.2 Å². The molecular formula is C16H16N6O3. The first-order valence-electron chi connectivity index (χ1n) is 7.75. The van der Waals surface area contributed by atoms with Crippen LogP contribution in [-0.2, 0) is 11.2 Å². The summed E-state index contributed by atoms with van der Waals surface area (Å²) in [6.07, 6.45) is 3.51. The van der Waals surface area contributed by atoms with Gasteiger partial charge < -0.3 is 15.2 Å². The van der Waals surface area contributed by atoms with E-state index in [2.05, 4.69) is 15.2 Å². The average Bonchev–Trinajstić information content (AvgIpc) is 3.33. The van der Waals surface area contributed by atoms with E-state index in [1.54, 1.807) is 15.6 Å². The molecular weight excluding hydrogens is 324 g/mol. The number of fused-ring (bicyclic) bond motifs is 1. The third-order valence-electron chi connectivity index (χ3n) is 3.90. The van der Waals surface area contributed by atoms with Crippen molar-refractivity contribution >= 4 is 5.91 Å². The molecule has 0 bridgehead atoms. The molecule has 1 aliphatic rings. The van der Waals surface area contributed by atoms with E-state index in [-0.39, 0.29) is 19.3 Å². The lowest BCUT2D eigenvalue weighted by atomic mass is 10.2. The van der Waals surface area contributed by atoms with Crippen molar-refractivity contribution in [2.24, 2.45) is 5.73 Å². The molecule has 1 aromatic carbocycles. The van der Waals surface area contributed by atoms with Crippen molar-refractivity contribution in [2.45, 2.75) is 19.4 Å². The summed E-state index contributed by atoms with van der Waals surface area (Å²) in [5, 5.41) is 8.70. The number of nitrogens with two attached hydrogens (primary N) is 1. The van der Waals surface area contributed by atoms with Crippen LogP contribution in [0.15, 0.2) is 36.7 Å². The Morgan fingerprint density at radius 1 is 1.36 bits per heavy atom. The van der Waals surface area contributed by atoms with Gasteiger partial charge in [0.15, 0.2) is 23.1 Å². The Bertz CT molecular complexity index is 918. The van der Waals surface area contributed by atoms with Crippen molar-refractivity contribution in [1.29, 1.82) is 0 Å². The number of amides is 1. The average molecular weight is 340 g/mol. The Labute approximate surface area is 143 Å². The van der Waals surface area contributed by atoms with E-state index in [1.807, 2.05) is 37.4 Å². The monoisotopic (exact) mass is 340 g/mol. The smallest absolute Gasteiger partial charge is 0.231 e. The van der Waals surface area contributed by atoms with Gasteiger partial charge in [-0.3, -0.25) is 9.48 Å². The first-order chi connectivity index (χ1) is 12.1. The Hall–Kier alpha value is -3.36. The van der Waals surface area contributed by atoms with Gasteiger partial charge in [0.05, 0.1) is 12.1 Å². The summed E-state index contributed by atoms with van der Waals surface area (Å²) in [4.78, 5) is 15.8. The van der Waals surface area contributed by atoms with Gasteiger partial charge in [0.25, 0.3) is 0 Å². The number of carbonyl (C=O) groups excluding carboxylic acids is 1. The van der Waals surface area contributed by atoms with Crippen LogP contribution < -0.4 is 15.2 Å². The SMILES string of the molecule is CC(c1nc(CC(N)=O)nn1-c1ccc2c(c1)OCO2)n1cccn1. The van der Waals surface area contributed by atoms with Crippen molar-refractivity contribution in [3.63, 3.8) is 0 Å². The van der Waals surface area contributed by atoms with Crippen LogP contribution in [0.25, 0.3) is 5.69 Å². The minimum absolute atomic E-state index is 0.0314. The topological polar surface area (TPSA) is 110 Å². The van der Waals surface area contributed by atoms with Gasteiger partial charge in [0.1, 0.15) is 6.04 Å². The van der Waals surface area contributed by atoms with E-state index in [0.717, 1.165) is 5.69 Å². The van der Waals surface area contributed by atoms with E-state index >= 15 is 0 Å². The molecule has 0 spiro atoms. The fourth-order valence-electron chi connectivity index (χ4n) is 2.70. The Morgan fingerprint density at radius 2 is 2.20 bits per heavy atom. The first kappa shape index (κ1) is 15.2. The van der Waals surface area contributed by atoms with E-state index in [9.17, 15) is 4.79 Å². The number of ether oxygens (including phenoxy) is 2. The maximum Gasteiger partial charge on any atom is 0.231 e. The highest BCUT2D eigenvalue weighted by atomic mass is 16.7. The first-order valence-corrected chi connectivity index (χ1v) is 7.75. The molecule has 3 aromatic rings. The third kappa shape index (κ3) is 2.80. The predicted molar refractivity (Wildman–Crippen MR) is 86.4 cm³/mol. The summed E-state index contributed by atoms with van der Waals surface area (Å²) in [7, 11) is 0. The fraction of sp³-hybridized carbons (Fsp3) is 0.250. The summed E-state index contributed by atoms with van der Waals surface area (Å²) in [5.41, 5.74) is 6.04. The molecule has 1 amide bonds. The van der Waals surface area contributed by atoms with Crippen LogP contribution in [0.2, 0.25) is 0 Å². The highest BCUT2D eigenvalue weighted by molar-refractivity contribution is 5.75. The highest BCUT2D eigenvalue weighted by Gasteiger charge is 2.22. The molecule has 4 rings (SSSR count). The molecule has 9 heteroatoms. The van der Waals surface area contributed by atoms with Gasteiger partial charge in [-0.05, 0) is 25.1 Å². The summed E-state index contributed by atoms with van der Waals surface area (Å²) >= 11 is 0. The molecule has 2 N–H and O–H groups in total. The zero-order valence-electron chi connectivity index (χ0n) is 13.5. The fourth-order valence-corrected chi connectivity index (χ4v) is 2.70. The molecule has 0 fully saturated rings. The largest absolute Gasteiger partial charge is 0.454 e. The van der Waals surface area contributed by atoms with Crippen LogP contribution in [0, 0.1) is 0 Å². The zero-order chi connectivity index (χ0) is 17.4. The predicted octanol–water partition coefficient (Wildman–Crippen LogP) is 0.830. The maximum atomic E-state index is 11.3. The number of rotatable bonds is 5. The summed E-state index contributed by atoms with van der Waals surface area (Å²) in [6.45, 7) is 2.15. The number of primary amides is 1. The Morgan fingerprint density at radius 3 is 2.96 bits per heavy atom. The normalized spacial score (nSPS) is 13.8.